The molecule has 2 N–H and O–H groups in total. The molecule has 1 aromatic carbocycles. The van der Waals surface area contributed by atoms with Gasteiger partial charge in [0.15, 0.2) is 0 Å². The molecule has 0 aromatic heterocycles. The number of aliphatic hydroxyl groups is 1. The van der Waals surface area contributed by atoms with Gasteiger partial charge in [-0.25, -0.2) is 8.42 Å². The molecule has 32 heavy (non-hydrogen) atoms. The summed E-state index contributed by atoms with van der Waals surface area (Å²) in [5.41, 5.74) is 2.06. The van der Waals surface area contributed by atoms with Crippen molar-refractivity contribution in [3.05, 3.63) is 34.4 Å². The van der Waals surface area contributed by atoms with Crippen LogP contribution in [-0.2, 0) is 29.6 Å². The zero-order valence-corrected chi connectivity index (χ0v) is 19.0. The second-order valence-electron chi connectivity index (χ2n) is 7.76. The van der Waals surface area contributed by atoms with Gasteiger partial charge in [0, 0.05) is 18.6 Å². The highest BCUT2D eigenvalue weighted by Gasteiger charge is 2.52. The predicted molar refractivity (Wildman–Crippen MR) is 110 cm³/mol. The minimum absolute atomic E-state index is 0.0219. The minimum Gasteiger partial charge on any atom is -0.358 e. The number of piperazine rings is 1. The summed E-state index contributed by atoms with van der Waals surface area (Å²) >= 11 is 0. The minimum atomic E-state index is -4.40. The van der Waals surface area contributed by atoms with Crippen LogP contribution in [0.15, 0.2) is 29.2 Å². The highest BCUT2D eigenvalue weighted by Crippen LogP contribution is 2.29. The van der Waals surface area contributed by atoms with Crippen LogP contribution in [0.1, 0.15) is 19.3 Å². The number of benzene rings is 1. The van der Waals surface area contributed by atoms with E-state index in [0.717, 1.165) is 34.8 Å². The number of nitrogens with one attached hydrogen (secondary N) is 1. The molecule has 1 aromatic rings. The molecule has 0 radical (unpaired) electrons. The number of nitrogens with zero attached hydrogens (tertiary/aromatic N) is 3. The predicted octanol–water partition coefficient (Wildman–Crippen LogP) is -0.704. The average molecular weight is 494 g/mol. The van der Waals surface area contributed by atoms with Gasteiger partial charge in [-0.05, 0) is 25.0 Å². The smallest absolute Gasteiger partial charge is 0.350 e. The van der Waals surface area contributed by atoms with E-state index in [1.54, 1.807) is 0 Å². The number of carbonyl (C=O) groups excluding carboxylic acids is 1. The zero-order chi connectivity index (χ0) is 23.8. The van der Waals surface area contributed by atoms with Crippen LogP contribution in [0.2, 0.25) is 0 Å². The summed E-state index contributed by atoms with van der Waals surface area (Å²) < 4.78 is 56.2. The van der Waals surface area contributed by atoms with Crippen LogP contribution in [0.25, 0.3) is 0 Å². The van der Waals surface area contributed by atoms with E-state index in [0.29, 0.717) is 12.8 Å². The topological polar surface area (TPSA) is 173 Å². The fourth-order valence-corrected chi connectivity index (χ4v) is 6.24. The monoisotopic (exact) mass is 493 g/mol. The Morgan fingerprint density at radius 1 is 1.19 bits per heavy atom. The van der Waals surface area contributed by atoms with Gasteiger partial charge in [0.25, 0.3) is 11.5 Å². The lowest BCUT2D eigenvalue weighted by molar-refractivity contribution is -0.848. The van der Waals surface area contributed by atoms with Crippen molar-refractivity contribution in [1.82, 2.24) is 9.73 Å². The quantitative estimate of drug-likeness (QED) is 0.295. The molecule has 3 rings (SSSR count). The fourth-order valence-electron chi connectivity index (χ4n) is 3.69. The molecule has 1 atom stereocenters. The number of carbonyl (C=O) groups is 1. The number of non-ortho nitro benzene ring substituents is 1. The van der Waals surface area contributed by atoms with Gasteiger partial charge >= 0.3 is 15.9 Å². The molecule has 2 heterocycles. The van der Waals surface area contributed by atoms with E-state index < -0.39 is 40.7 Å². The van der Waals surface area contributed by atoms with Crippen LogP contribution in [0.4, 0.5) is 5.69 Å². The van der Waals surface area contributed by atoms with Gasteiger partial charge in [0.05, 0.1) is 30.9 Å². The highest BCUT2D eigenvalue weighted by molar-refractivity contribution is 7.88. The second-order valence-corrected chi connectivity index (χ2v) is 11.9. The number of rotatable bonds is 6. The number of amides is 1. The van der Waals surface area contributed by atoms with E-state index in [1.165, 1.54) is 0 Å². The van der Waals surface area contributed by atoms with Crippen LogP contribution in [-0.4, -0.2) is 85.9 Å². The third kappa shape index (κ3) is 4.62. The molecule has 15 heteroatoms. The summed E-state index contributed by atoms with van der Waals surface area (Å²) in [4.78, 5) is 22.8. The number of ether oxygens (including phenoxy) is 1. The lowest BCUT2D eigenvalue weighted by Crippen LogP contribution is -2.72. The largest absolute Gasteiger partial charge is 0.358 e. The number of sulfonamides is 2. The van der Waals surface area contributed by atoms with Crippen molar-refractivity contribution in [1.29, 1.82) is 0 Å². The summed E-state index contributed by atoms with van der Waals surface area (Å²) in [6.45, 7) is -0.960. The maximum Gasteiger partial charge on any atom is 0.350 e. The molecule has 0 aliphatic carbocycles. The molecule has 178 valence electrons. The molecule has 2 aliphatic heterocycles. The van der Waals surface area contributed by atoms with Crippen LogP contribution >= 0.6 is 0 Å². The van der Waals surface area contributed by atoms with Crippen molar-refractivity contribution < 1.29 is 40.4 Å². The zero-order valence-electron chi connectivity index (χ0n) is 17.3. The molecule has 2 saturated heterocycles. The first-order chi connectivity index (χ1) is 14.8. The Morgan fingerprint density at radius 2 is 1.78 bits per heavy atom. The Bertz CT molecular complexity index is 1090. The Kier molecular flexibility index (Phi) is 6.61. The molecule has 0 spiro atoms. The molecule has 1 amide bonds. The SMILES string of the molecule is CS(=O)(=O)N1CC[N+](NC(=O)[C@@]2(O)CCCCO2)(S(=O)(=O)c2ccc([N+](=O)[O-])cc2)CC1. The van der Waals surface area contributed by atoms with Gasteiger partial charge in [0.2, 0.25) is 10.0 Å². The van der Waals surface area contributed by atoms with Crippen molar-refractivity contribution in [2.24, 2.45) is 0 Å². The van der Waals surface area contributed by atoms with Crippen LogP contribution in [0.5, 0.6) is 0 Å². The standard InChI is InChI=1S/C17H24N4O9S2/c1-31(26,27)19-9-11-21(12-10-19,18-16(22)17(23)8-2-3-13-30-17)32(28,29)15-6-4-14(5-7-15)20(24)25/h4-7,23H,2-3,8-13H2,1H3/p+1/t17-/m1/s1. The van der Waals surface area contributed by atoms with Gasteiger partial charge < -0.3 is 9.84 Å². The fraction of sp³-hybridized carbons (Fsp3) is 0.588. The van der Waals surface area contributed by atoms with Crippen LogP contribution < -0.4 is 5.43 Å². The Morgan fingerprint density at radius 3 is 2.25 bits per heavy atom. The summed E-state index contributed by atoms with van der Waals surface area (Å²) in [7, 11) is -8.00. The van der Waals surface area contributed by atoms with E-state index in [1.807, 2.05) is 0 Å². The van der Waals surface area contributed by atoms with Gasteiger partial charge in [-0.1, -0.05) is 0 Å². The lowest BCUT2D eigenvalue weighted by atomic mass is 10.1. The first-order valence-corrected chi connectivity index (χ1v) is 13.1. The number of nitro groups is 1. The summed E-state index contributed by atoms with van der Waals surface area (Å²) in [6, 6.07) is 4.15. The normalized spacial score (nSPS) is 24.6. The van der Waals surface area contributed by atoms with Crippen molar-refractivity contribution in [2.75, 3.05) is 39.0 Å². The lowest BCUT2D eigenvalue weighted by Gasteiger charge is -2.42. The van der Waals surface area contributed by atoms with E-state index >= 15 is 0 Å². The van der Waals surface area contributed by atoms with Crippen molar-refractivity contribution >= 4 is 31.6 Å². The molecular formula is C17H25N4O9S2+. The maximum atomic E-state index is 13.6. The average Bonchev–Trinajstić information content (AvgIpc) is 2.74. The Balaban J connectivity index is 1.98. The van der Waals surface area contributed by atoms with E-state index in [-0.39, 0.29) is 49.8 Å². The van der Waals surface area contributed by atoms with Crippen LogP contribution in [0, 0.1) is 10.1 Å². The van der Waals surface area contributed by atoms with Crippen molar-refractivity contribution in [3.63, 3.8) is 0 Å². The maximum absolute atomic E-state index is 13.6. The highest BCUT2D eigenvalue weighted by atomic mass is 32.2. The first kappa shape index (κ1) is 24.5. The Hall–Kier alpha value is -2.17. The number of nitro benzene ring substituents is 1. The second kappa shape index (κ2) is 8.64. The number of hydrogen-bond donors (Lipinski definition) is 2. The van der Waals surface area contributed by atoms with Crippen LogP contribution in [0.3, 0.4) is 0 Å². The van der Waals surface area contributed by atoms with Crippen molar-refractivity contribution in [3.8, 4) is 0 Å². The van der Waals surface area contributed by atoms with E-state index in [9.17, 15) is 36.9 Å². The molecule has 13 nitrogen and oxygen atoms in total. The third-order valence-corrected chi connectivity index (χ3v) is 9.15. The Labute approximate surface area is 185 Å². The molecule has 2 fully saturated rings. The summed E-state index contributed by atoms with van der Waals surface area (Å²) in [5, 5.41) is 21.5. The molecular weight excluding hydrogens is 468 g/mol. The molecule has 0 bridgehead atoms. The number of hydrogen-bond acceptors (Lipinski definition) is 9. The molecule has 0 unspecified atom stereocenters. The van der Waals surface area contributed by atoms with Gasteiger partial charge in [-0.15, -0.1) is 4.00 Å². The van der Waals surface area contributed by atoms with E-state index in [4.69, 9.17) is 4.74 Å². The van der Waals surface area contributed by atoms with E-state index in [2.05, 4.69) is 5.43 Å². The molecule has 2 aliphatic rings. The first-order valence-electron chi connectivity index (χ1n) is 9.82. The van der Waals surface area contributed by atoms with Gasteiger partial charge in [-0.3, -0.25) is 14.9 Å². The summed E-state index contributed by atoms with van der Waals surface area (Å²) in [5.74, 6) is -3.25. The summed E-state index contributed by atoms with van der Waals surface area (Å²) in [6.07, 6.45) is 2.11. The van der Waals surface area contributed by atoms with Crippen molar-refractivity contribution in [2.45, 2.75) is 29.9 Å². The van der Waals surface area contributed by atoms with Gasteiger partial charge in [-0.2, -0.15) is 18.1 Å². The third-order valence-electron chi connectivity index (χ3n) is 5.61. The number of quaternary nitrogens is 1. The molecule has 0 saturated carbocycles. The van der Waals surface area contributed by atoms with Gasteiger partial charge in [0.1, 0.15) is 18.0 Å².